The number of hydrogen-bond acceptors (Lipinski definition) is 3. The maximum absolute atomic E-state index is 10.5. The molecule has 0 unspecified atom stereocenters. The van der Waals surface area contributed by atoms with Crippen molar-refractivity contribution in [3.05, 3.63) is 23.9 Å². The molecule has 0 aliphatic carbocycles. The molecule has 0 fully saturated rings. The number of rotatable bonds is 4. The number of aromatic nitrogens is 1. The number of hydrogen-bond donors (Lipinski definition) is 2. The molecule has 0 saturated carbocycles. The minimum absolute atomic E-state index is 0.0101. The Labute approximate surface area is 76.6 Å². The lowest BCUT2D eigenvalue weighted by atomic mass is 10.2. The fraction of sp³-hybridized carbons (Fsp3) is 0.333. The van der Waals surface area contributed by atoms with E-state index in [0.29, 0.717) is 5.82 Å². The number of pyridine rings is 1. The summed E-state index contributed by atoms with van der Waals surface area (Å²) >= 11 is 0. The van der Waals surface area contributed by atoms with Gasteiger partial charge >= 0.3 is 5.97 Å². The summed E-state index contributed by atoms with van der Waals surface area (Å²) in [5.41, 5.74) is 0.719. The van der Waals surface area contributed by atoms with Gasteiger partial charge < -0.3 is 10.4 Å². The molecule has 2 N–H and O–H groups in total. The summed E-state index contributed by atoms with van der Waals surface area (Å²) in [5, 5.41) is 11.6. The standard InChI is InChI=1S/C9H12N2O2/c1-2-10-9-7(6-8(12)13)4-3-5-11-9/h3-5H,2,6H2,1H3,(H,10,11)(H,12,13). The second kappa shape index (κ2) is 4.45. The lowest BCUT2D eigenvalue weighted by molar-refractivity contribution is -0.136. The maximum Gasteiger partial charge on any atom is 0.307 e. The van der Waals surface area contributed by atoms with Crippen molar-refractivity contribution < 1.29 is 9.90 Å². The van der Waals surface area contributed by atoms with E-state index >= 15 is 0 Å². The summed E-state index contributed by atoms with van der Waals surface area (Å²) < 4.78 is 0. The van der Waals surface area contributed by atoms with Crippen molar-refractivity contribution in [3.8, 4) is 0 Å². The molecular weight excluding hydrogens is 168 g/mol. The zero-order valence-corrected chi connectivity index (χ0v) is 7.45. The van der Waals surface area contributed by atoms with Crippen LogP contribution in [0.5, 0.6) is 0 Å². The van der Waals surface area contributed by atoms with Gasteiger partial charge in [0.15, 0.2) is 0 Å². The monoisotopic (exact) mass is 180 g/mol. The molecule has 0 bridgehead atoms. The third kappa shape index (κ3) is 2.74. The molecule has 1 heterocycles. The van der Waals surface area contributed by atoms with Crippen LogP contribution in [0.15, 0.2) is 18.3 Å². The first-order valence-electron chi connectivity index (χ1n) is 4.13. The summed E-state index contributed by atoms with van der Waals surface area (Å²) in [4.78, 5) is 14.5. The minimum atomic E-state index is -0.841. The normalized spacial score (nSPS) is 9.62. The number of anilines is 1. The van der Waals surface area contributed by atoms with Crippen molar-refractivity contribution in [2.45, 2.75) is 13.3 Å². The van der Waals surface area contributed by atoms with Crippen LogP contribution in [0.1, 0.15) is 12.5 Å². The minimum Gasteiger partial charge on any atom is -0.481 e. The van der Waals surface area contributed by atoms with Crippen LogP contribution in [-0.2, 0) is 11.2 Å². The van der Waals surface area contributed by atoms with Crippen LogP contribution in [0.2, 0.25) is 0 Å². The Morgan fingerprint density at radius 1 is 1.69 bits per heavy atom. The first-order chi connectivity index (χ1) is 6.24. The van der Waals surface area contributed by atoms with E-state index in [1.54, 1.807) is 18.3 Å². The molecule has 0 aliphatic heterocycles. The number of carbonyl (C=O) groups is 1. The highest BCUT2D eigenvalue weighted by molar-refractivity contribution is 5.72. The molecule has 1 rings (SSSR count). The van der Waals surface area contributed by atoms with E-state index in [0.717, 1.165) is 12.1 Å². The first kappa shape index (κ1) is 9.51. The summed E-state index contributed by atoms with van der Waals surface area (Å²) in [5.74, 6) is -0.181. The smallest absolute Gasteiger partial charge is 0.307 e. The van der Waals surface area contributed by atoms with Crippen LogP contribution >= 0.6 is 0 Å². The van der Waals surface area contributed by atoms with Crippen LogP contribution in [0.3, 0.4) is 0 Å². The Kier molecular flexibility index (Phi) is 3.25. The van der Waals surface area contributed by atoms with Gasteiger partial charge in [0, 0.05) is 18.3 Å². The van der Waals surface area contributed by atoms with Crippen molar-refractivity contribution in [2.75, 3.05) is 11.9 Å². The summed E-state index contributed by atoms with van der Waals surface area (Å²) in [6.07, 6.45) is 1.65. The van der Waals surface area contributed by atoms with E-state index in [1.165, 1.54) is 0 Å². The summed E-state index contributed by atoms with van der Waals surface area (Å²) in [6.45, 7) is 2.68. The van der Waals surface area contributed by atoms with Gasteiger partial charge in [0.1, 0.15) is 5.82 Å². The molecule has 1 aromatic heterocycles. The zero-order chi connectivity index (χ0) is 9.68. The average molecular weight is 180 g/mol. The Bertz CT molecular complexity index is 299. The van der Waals surface area contributed by atoms with E-state index in [-0.39, 0.29) is 6.42 Å². The molecule has 0 spiro atoms. The van der Waals surface area contributed by atoms with Crippen LogP contribution in [0.4, 0.5) is 5.82 Å². The van der Waals surface area contributed by atoms with Gasteiger partial charge in [-0.2, -0.15) is 0 Å². The third-order valence-corrected chi connectivity index (χ3v) is 1.58. The fourth-order valence-electron chi connectivity index (χ4n) is 1.07. The second-order valence-electron chi connectivity index (χ2n) is 2.61. The van der Waals surface area contributed by atoms with Gasteiger partial charge in [0.05, 0.1) is 6.42 Å². The molecular formula is C9H12N2O2. The highest BCUT2D eigenvalue weighted by atomic mass is 16.4. The highest BCUT2D eigenvalue weighted by Gasteiger charge is 2.05. The lowest BCUT2D eigenvalue weighted by Crippen LogP contribution is -2.07. The van der Waals surface area contributed by atoms with Gasteiger partial charge in [-0.25, -0.2) is 4.98 Å². The van der Waals surface area contributed by atoms with Gasteiger partial charge in [0.2, 0.25) is 0 Å². The largest absolute Gasteiger partial charge is 0.481 e. The lowest BCUT2D eigenvalue weighted by Gasteiger charge is -2.06. The second-order valence-corrected chi connectivity index (χ2v) is 2.61. The van der Waals surface area contributed by atoms with E-state index in [2.05, 4.69) is 10.3 Å². The van der Waals surface area contributed by atoms with Gasteiger partial charge in [0.25, 0.3) is 0 Å². The average Bonchev–Trinajstić information content (AvgIpc) is 2.08. The quantitative estimate of drug-likeness (QED) is 0.729. The fourth-order valence-corrected chi connectivity index (χ4v) is 1.07. The van der Waals surface area contributed by atoms with Crippen LogP contribution in [0.25, 0.3) is 0 Å². The highest BCUT2D eigenvalue weighted by Crippen LogP contribution is 2.11. The number of nitrogens with one attached hydrogen (secondary N) is 1. The molecule has 1 aromatic rings. The number of carboxylic acid groups (broad SMARTS) is 1. The van der Waals surface area contributed by atoms with E-state index in [9.17, 15) is 4.79 Å². The molecule has 0 aliphatic rings. The molecule has 0 amide bonds. The van der Waals surface area contributed by atoms with E-state index in [4.69, 9.17) is 5.11 Å². The van der Waals surface area contributed by atoms with Crippen LogP contribution < -0.4 is 5.32 Å². The summed E-state index contributed by atoms with van der Waals surface area (Å²) in [6, 6.07) is 3.50. The van der Waals surface area contributed by atoms with E-state index in [1.807, 2.05) is 6.92 Å². The molecule has 0 aromatic carbocycles. The van der Waals surface area contributed by atoms with Crippen LogP contribution in [0, 0.1) is 0 Å². The predicted molar refractivity (Wildman–Crippen MR) is 49.7 cm³/mol. The number of aliphatic carboxylic acids is 1. The van der Waals surface area contributed by atoms with Crippen molar-refractivity contribution in [2.24, 2.45) is 0 Å². The SMILES string of the molecule is CCNc1ncccc1CC(=O)O. The Balaban J connectivity index is 2.84. The molecule has 70 valence electrons. The predicted octanol–water partition coefficient (Wildman–Crippen LogP) is 1.14. The molecule has 4 nitrogen and oxygen atoms in total. The van der Waals surface area contributed by atoms with Crippen molar-refractivity contribution in [1.29, 1.82) is 0 Å². The van der Waals surface area contributed by atoms with Crippen molar-refractivity contribution in [3.63, 3.8) is 0 Å². The topological polar surface area (TPSA) is 62.2 Å². The first-order valence-corrected chi connectivity index (χ1v) is 4.13. The molecule has 0 radical (unpaired) electrons. The van der Waals surface area contributed by atoms with Crippen LogP contribution in [-0.4, -0.2) is 22.6 Å². The zero-order valence-electron chi connectivity index (χ0n) is 7.45. The molecule has 13 heavy (non-hydrogen) atoms. The van der Waals surface area contributed by atoms with Gasteiger partial charge in [-0.15, -0.1) is 0 Å². The summed E-state index contributed by atoms with van der Waals surface area (Å²) in [7, 11) is 0. The van der Waals surface area contributed by atoms with Gasteiger partial charge in [-0.1, -0.05) is 6.07 Å². The molecule has 0 saturated heterocycles. The molecule has 0 atom stereocenters. The number of nitrogens with zero attached hydrogens (tertiary/aromatic N) is 1. The maximum atomic E-state index is 10.5. The van der Waals surface area contributed by atoms with Crippen molar-refractivity contribution in [1.82, 2.24) is 4.98 Å². The number of carboxylic acids is 1. The Hall–Kier alpha value is -1.58. The Morgan fingerprint density at radius 2 is 2.46 bits per heavy atom. The van der Waals surface area contributed by atoms with Gasteiger partial charge in [-0.3, -0.25) is 4.79 Å². The van der Waals surface area contributed by atoms with E-state index < -0.39 is 5.97 Å². The van der Waals surface area contributed by atoms with Crippen molar-refractivity contribution >= 4 is 11.8 Å². The van der Waals surface area contributed by atoms with Gasteiger partial charge in [-0.05, 0) is 13.0 Å². The Morgan fingerprint density at radius 3 is 3.08 bits per heavy atom. The molecule has 4 heteroatoms. The third-order valence-electron chi connectivity index (χ3n) is 1.58.